The van der Waals surface area contributed by atoms with Gasteiger partial charge in [0.25, 0.3) is 5.91 Å². The van der Waals surface area contributed by atoms with Crippen molar-refractivity contribution in [2.45, 2.75) is 20.3 Å². The highest BCUT2D eigenvalue weighted by Gasteiger charge is 2.23. The van der Waals surface area contributed by atoms with Gasteiger partial charge in [-0.15, -0.1) is 0 Å². The number of nitrogens with zero attached hydrogens (tertiary/aromatic N) is 1. The average molecular weight is 334 g/mol. The maximum atomic E-state index is 12.6. The Morgan fingerprint density at radius 1 is 1.16 bits per heavy atom. The highest BCUT2D eigenvalue weighted by atomic mass is 16.3. The Kier molecular flexibility index (Phi) is 3.57. The molecule has 0 saturated heterocycles. The zero-order valence-corrected chi connectivity index (χ0v) is 14.1. The van der Waals surface area contributed by atoms with Gasteiger partial charge in [-0.3, -0.25) is 9.59 Å². The fourth-order valence-corrected chi connectivity index (χ4v) is 3.39. The van der Waals surface area contributed by atoms with Crippen molar-refractivity contribution in [3.63, 3.8) is 0 Å². The van der Waals surface area contributed by atoms with Gasteiger partial charge >= 0.3 is 0 Å². The third kappa shape index (κ3) is 2.58. The van der Waals surface area contributed by atoms with Gasteiger partial charge in [0.05, 0.1) is 0 Å². The molecular weight excluding hydrogens is 316 g/mol. The molecule has 25 heavy (non-hydrogen) atoms. The lowest BCUT2D eigenvalue weighted by molar-refractivity contribution is -0.116. The van der Waals surface area contributed by atoms with Gasteiger partial charge in [0, 0.05) is 35.8 Å². The van der Waals surface area contributed by atoms with Crippen LogP contribution in [0.2, 0.25) is 0 Å². The number of furan rings is 1. The summed E-state index contributed by atoms with van der Waals surface area (Å²) >= 11 is 0. The van der Waals surface area contributed by atoms with Crippen molar-refractivity contribution in [1.82, 2.24) is 0 Å². The lowest BCUT2D eigenvalue weighted by atomic mass is 10.1. The van der Waals surface area contributed by atoms with E-state index in [-0.39, 0.29) is 11.8 Å². The molecule has 2 aromatic carbocycles. The lowest BCUT2D eigenvalue weighted by Gasteiger charge is -2.15. The Morgan fingerprint density at radius 3 is 2.72 bits per heavy atom. The van der Waals surface area contributed by atoms with Crippen molar-refractivity contribution in [3.8, 4) is 0 Å². The first kappa shape index (κ1) is 15.4. The number of nitrogens with one attached hydrogen (secondary N) is 1. The van der Waals surface area contributed by atoms with Crippen LogP contribution < -0.4 is 10.2 Å². The van der Waals surface area contributed by atoms with Crippen LogP contribution in [0.15, 0.2) is 46.9 Å². The number of anilines is 2. The van der Waals surface area contributed by atoms with Crippen molar-refractivity contribution in [2.24, 2.45) is 0 Å². The standard InChI is InChI=1S/C20H18N2O3/c1-12-16-5-3-4-6-18(16)25-19(12)20(24)21-15-7-8-17-14(11-15)9-10-22(17)13(2)23/h3-8,11H,9-10H2,1-2H3,(H,21,24). The molecule has 4 rings (SSSR count). The molecule has 0 spiro atoms. The number of aryl methyl sites for hydroxylation is 1. The number of carbonyl (C=O) groups excluding carboxylic acids is 2. The summed E-state index contributed by atoms with van der Waals surface area (Å²) in [5.74, 6) is 0.0931. The predicted octanol–water partition coefficient (Wildman–Crippen LogP) is 3.90. The Labute approximate surface area is 145 Å². The summed E-state index contributed by atoms with van der Waals surface area (Å²) in [6.45, 7) is 4.13. The summed E-state index contributed by atoms with van der Waals surface area (Å²) in [4.78, 5) is 26.0. The zero-order chi connectivity index (χ0) is 17.6. The van der Waals surface area contributed by atoms with Crippen LogP contribution in [0, 0.1) is 6.92 Å². The minimum Gasteiger partial charge on any atom is -0.451 e. The van der Waals surface area contributed by atoms with E-state index in [1.165, 1.54) is 0 Å². The van der Waals surface area contributed by atoms with Crippen molar-refractivity contribution in [3.05, 3.63) is 59.4 Å². The van der Waals surface area contributed by atoms with Crippen molar-refractivity contribution >= 4 is 34.2 Å². The molecule has 0 aliphatic carbocycles. The van der Waals surface area contributed by atoms with Crippen LogP contribution >= 0.6 is 0 Å². The summed E-state index contributed by atoms with van der Waals surface area (Å²) in [6.07, 6.45) is 0.794. The number of fused-ring (bicyclic) bond motifs is 2. The second-order valence-corrected chi connectivity index (χ2v) is 6.27. The van der Waals surface area contributed by atoms with Gasteiger partial charge in [0.15, 0.2) is 5.76 Å². The van der Waals surface area contributed by atoms with E-state index in [0.29, 0.717) is 23.6 Å². The van der Waals surface area contributed by atoms with E-state index in [1.54, 1.807) is 11.8 Å². The second-order valence-electron chi connectivity index (χ2n) is 6.27. The monoisotopic (exact) mass is 334 g/mol. The Bertz CT molecular complexity index is 1000. The average Bonchev–Trinajstić information content (AvgIpc) is 3.16. The number of carbonyl (C=O) groups is 2. The molecule has 0 bridgehead atoms. The molecular formula is C20H18N2O3. The fraction of sp³-hybridized carbons (Fsp3) is 0.200. The van der Waals surface area contributed by atoms with E-state index in [4.69, 9.17) is 4.42 Å². The summed E-state index contributed by atoms with van der Waals surface area (Å²) in [7, 11) is 0. The van der Waals surface area contributed by atoms with Gasteiger partial charge in [0.1, 0.15) is 5.58 Å². The minimum absolute atomic E-state index is 0.0356. The van der Waals surface area contributed by atoms with Crippen LogP contribution in [-0.4, -0.2) is 18.4 Å². The van der Waals surface area contributed by atoms with E-state index in [1.807, 2.05) is 49.4 Å². The van der Waals surface area contributed by atoms with Gasteiger partial charge in [-0.25, -0.2) is 0 Å². The number of hydrogen-bond donors (Lipinski definition) is 1. The van der Waals surface area contributed by atoms with Gasteiger partial charge in [0.2, 0.25) is 5.91 Å². The number of hydrogen-bond acceptors (Lipinski definition) is 3. The van der Waals surface area contributed by atoms with Crippen LogP contribution in [0.25, 0.3) is 11.0 Å². The molecule has 1 N–H and O–H groups in total. The van der Waals surface area contributed by atoms with E-state index >= 15 is 0 Å². The molecule has 3 aromatic rings. The Morgan fingerprint density at radius 2 is 1.96 bits per heavy atom. The van der Waals surface area contributed by atoms with Crippen LogP contribution in [-0.2, 0) is 11.2 Å². The van der Waals surface area contributed by atoms with Crippen LogP contribution in [0.1, 0.15) is 28.6 Å². The first-order valence-corrected chi connectivity index (χ1v) is 8.25. The van der Waals surface area contributed by atoms with Gasteiger partial charge < -0.3 is 14.6 Å². The summed E-state index contributed by atoms with van der Waals surface area (Å²) < 4.78 is 5.71. The second kappa shape index (κ2) is 5.77. The molecule has 2 amide bonds. The quantitative estimate of drug-likeness (QED) is 0.773. The molecule has 0 radical (unpaired) electrons. The number of para-hydroxylation sites is 1. The number of amides is 2. The number of rotatable bonds is 2. The Balaban J connectivity index is 1.61. The number of benzene rings is 2. The molecule has 1 aromatic heterocycles. The SMILES string of the molecule is CC(=O)N1CCc2cc(NC(=O)c3oc4ccccc4c3C)ccc21. The van der Waals surface area contributed by atoms with Crippen molar-refractivity contribution in [1.29, 1.82) is 0 Å². The van der Waals surface area contributed by atoms with Crippen LogP contribution in [0.3, 0.4) is 0 Å². The third-order valence-corrected chi connectivity index (χ3v) is 4.66. The Hall–Kier alpha value is -3.08. The molecule has 1 aliphatic rings. The molecule has 0 atom stereocenters. The first-order valence-electron chi connectivity index (χ1n) is 8.25. The molecule has 0 unspecified atom stereocenters. The van der Waals surface area contributed by atoms with E-state index < -0.39 is 0 Å². The van der Waals surface area contributed by atoms with Crippen LogP contribution in [0.5, 0.6) is 0 Å². The highest BCUT2D eigenvalue weighted by Crippen LogP contribution is 2.31. The summed E-state index contributed by atoms with van der Waals surface area (Å²) in [5, 5.41) is 3.84. The summed E-state index contributed by atoms with van der Waals surface area (Å²) in [6, 6.07) is 13.2. The molecule has 126 valence electrons. The van der Waals surface area contributed by atoms with Gasteiger partial charge in [-0.05, 0) is 43.2 Å². The zero-order valence-electron chi connectivity index (χ0n) is 14.1. The molecule has 0 fully saturated rings. The maximum absolute atomic E-state index is 12.6. The fourth-order valence-electron chi connectivity index (χ4n) is 3.39. The van der Waals surface area contributed by atoms with Gasteiger partial charge in [-0.1, -0.05) is 18.2 Å². The largest absolute Gasteiger partial charge is 0.451 e. The van der Waals surface area contributed by atoms with Crippen molar-refractivity contribution < 1.29 is 14.0 Å². The summed E-state index contributed by atoms with van der Waals surface area (Å²) in [5.41, 5.74) is 4.22. The minimum atomic E-state index is -0.268. The van der Waals surface area contributed by atoms with E-state index in [0.717, 1.165) is 28.6 Å². The van der Waals surface area contributed by atoms with E-state index in [9.17, 15) is 9.59 Å². The molecule has 2 heterocycles. The third-order valence-electron chi connectivity index (χ3n) is 4.66. The van der Waals surface area contributed by atoms with Crippen LogP contribution in [0.4, 0.5) is 11.4 Å². The van der Waals surface area contributed by atoms with E-state index in [2.05, 4.69) is 5.32 Å². The highest BCUT2D eigenvalue weighted by molar-refractivity contribution is 6.06. The van der Waals surface area contributed by atoms with Gasteiger partial charge in [-0.2, -0.15) is 0 Å². The molecule has 5 heteroatoms. The molecule has 0 saturated carbocycles. The molecule has 1 aliphatic heterocycles. The first-order chi connectivity index (χ1) is 12.0. The lowest BCUT2D eigenvalue weighted by Crippen LogP contribution is -2.25. The normalized spacial score (nSPS) is 13.1. The topological polar surface area (TPSA) is 62.6 Å². The van der Waals surface area contributed by atoms with Crippen molar-refractivity contribution in [2.75, 3.05) is 16.8 Å². The molecule has 5 nitrogen and oxygen atoms in total. The smallest absolute Gasteiger partial charge is 0.291 e. The maximum Gasteiger partial charge on any atom is 0.291 e. The predicted molar refractivity (Wildman–Crippen MR) is 97.1 cm³/mol.